The van der Waals surface area contributed by atoms with Gasteiger partial charge in [-0.3, -0.25) is 0 Å². The summed E-state index contributed by atoms with van der Waals surface area (Å²) in [6.45, 7) is 0. The van der Waals surface area contributed by atoms with Crippen LogP contribution in [0.25, 0.3) is 11.0 Å². The number of amides is 2. The quantitative estimate of drug-likeness (QED) is 0.775. The van der Waals surface area contributed by atoms with Crippen molar-refractivity contribution in [2.75, 3.05) is 5.32 Å². The Morgan fingerprint density at radius 3 is 2.95 bits per heavy atom. The highest BCUT2D eigenvalue weighted by Gasteiger charge is 2.15. The van der Waals surface area contributed by atoms with E-state index in [9.17, 15) is 4.79 Å². The molecule has 0 aliphatic heterocycles. The number of imidazole rings is 1. The number of carbonyl (C=O) groups is 1. The Hall–Kier alpha value is -2.04. The number of hydrogen-bond donors (Lipinski definition) is 3. The first-order valence-electron chi connectivity index (χ1n) is 6.82. The summed E-state index contributed by atoms with van der Waals surface area (Å²) < 4.78 is 0. The van der Waals surface area contributed by atoms with Gasteiger partial charge < -0.3 is 15.6 Å². The molecular weight excluding hydrogens is 240 g/mol. The van der Waals surface area contributed by atoms with Crippen LogP contribution < -0.4 is 10.6 Å². The monoisotopic (exact) mass is 258 g/mol. The minimum Gasteiger partial charge on any atom is -0.345 e. The molecular formula is C14H18N4O. The Labute approximate surface area is 111 Å². The fourth-order valence-corrected chi connectivity index (χ4v) is 2.61. The average Bonchev–Trinajstić information content (AvgIpc) is 2.87. The summed E-state index contributed by atoms with van der Waals surface area (Å²) in [5, 5.41) is 5.91. The normalized spacial score (nSPS) is 16.4. The van der Waals surface area contributed by atoms with E-state index < -0.39 is 0 Å². The van der Waals surface area contributed by atoms with E-state index in [4.69, 9.17) is 0 Å². The van der Waals surface area contributed by atoms with E-state index in [2.05, 4.69) is 20.6 Å². The molecule has 2 aromatic rings. The van der Waals surface area contributed by atoms with Crippen LogP contribution >= 0.6 is 0 Å². The van der Waals surface area contributed by atoms with Crippen molar-refractivity contribution in [3.8, 4) is 0 Å². The van der Waals surface area contributed by atoms with Crippen LogP contribution in [0.15, 0.2) is 24.5 Å². The van der Waals surface area contributed by atoms with Crippen molar-refractivity contribution < 1.29 is 4.79 Å². The average molecular weight is 258 g/mol. The largest absolute Gasteiger partial charge is 0.345 e. The second-order valence-corrected chi connectivity index (χ2v) is 5.07. The smallest absolute Gasteiger partial charge is 0.319 e. The molecule has 5 nitrogen and oxygen atoms in total. The third kappa shape index (κ3) is 2.86. The van der Waals surface area contributed by atoms with Gasteiger partial charge in [0.1, 0.15) is 0 Å². The van der Waals surface area contributed by atoms with Gasteiger partial charge in [0.15, 0.2) is 0 Å². The van der Waals surface area contributed by atoms with Crippen molar-refractivity contribution in [2.45, 2.75) is 38.1 Å². The fourth-order valence-electron chi connectivity index (χ4n) is 2.61. The van der Waals surface area contributed by atoms with Crippen LogP contribution in [0.1, 0.15) is 32.1 Å². The maximum Gasteiger partial charge on any atom is 0.319 e. The van der Waals surface area contributed by atoms with E-state index in [1.807, 2.05) is 18.2 Å². The van der Waals surface area contributed by atoms with Gasteiger partial charge in [-0.15, -0.1) is 0 Å². The van der Waals surface area contributed by atoms with Crippen molar-refractivity contribution in [1.29, 1.82) is 0 Å². The summed E-state index contributed by atoms with van der Waals surface area (Å²) in [6, 6.07) is 5.85. The lowest BCUT2D eigenvalue weighted by molar-refractivity contribution is 0.244. The Bertz CT molecular complexity index is 572. The van der Waals surface area contributed by atoms with Crippen molar-refractivity contribution in [3.63, 3.8) is 0 Å². The zero-order chi connectivity index (χ0) is 13.1. The van der Waals surface area contributed by atoms with Crippen molar-refractivity contribution in [2.24, 2.45) is 0 Å². The predicted molar refractivity (Wildman–Crippen MR) is 75.1 cm³/mol. The molecule has 1 aromatic heterocycles. The van der Waals surface area contributed by atoms with Crippen LogP contribution in [-0.2, 0) is 0 Å². The Morgan fingerprint density at radius 1 is 1.26 bits per heavy atom. The number of nitrogens with one attached hydrogen (secondary N) is 3. The van der Waals surface area contributed by atoms with Crippen molar-refractivity contribution in [3.05, 3.63) is 24.5 Å². The number of aromatic nitrogens is 2. The van der Waals surface area contributed by atoms with E-state index in [0.717, 1.165) is 29.6 Å². The second kappa shape index (κ2) is 5.30. The first-order valence-corrected chi connectivity index (χ1v) is 6.82. The van der Waals surface area contributed by atoms with Crippen LogP contribution in [0.4, 0.5) is 10.5 Å². The number of anilines is 1. The molecule has 0 spiro atoms. The minimum absolute atomic E-state index is 0.120. The van der Waals surface area contributed by atoms with E-state index >= 15 is 0 Å². The van der Waals surface area contributed by atoms with Gasteiger partial charge in [0.2, 0.25) is 0 Å². The lowest BCUT2D eigenvalue weighted by Gasteiger charge is -2.22. The molecule has 1 saturated carbocycles. The van der Waals surface area contributed by atoms with Gasteiger partial charge in [0, 0.05) is 11.7 Å². The standard InChI is InChI=1S/C14H18N4O/c19-14(17-10-4-2-1-3-5-10)18-11-6-7-12-13(8-11)16-9-15-12/h6-10H,1-5H2,(H,15,16)(H2,17,18,19). The third-order valence-electron chi connectivity index (χ3n) is 3.62. The zero-order valence-electron chi connectivity index (χ0n) is 10.8. The lowest BCUT2D eigenvalue weighted by atomic mass is 9.96. The molecule has 1 aliphatic carbocycles. The molecule has 0 unspecified atom stereocenters. The van der Waals surface area contributed by atoms with E-state index in [1.54, 1.807) is 6.33 Å². The van der Waals surface area contributed by atoms with E-state index in [1.165, 1.54) is 19.3 Å². The molecule has 0 bridgehead atoms. The van der Waals surface area contributed by atoms with Crippen molar-refractivity contribution in [1.82, 2.24) is 15.3 Å². The summed E-state index contributed by atoms with van der Waals surface area (Å²) >= 11 is 0. The molecule has 3 N–H and O–H groups in total. The number of carbonyl (C=O) groups excluding carboxylic acids is 1. The molecule has 0 atom stereocenters. The number of hydrogen-bond acceptors (Lipinski definition) is 2. The van der Waals surface area contributed by atoms with Crippen LogP contribution in [-0.4, -0.2) is 22.0 Å². The highest BCUT2D eigenvalue weighted by atomic mass is 16.2. The molecule has 2 amide bonds. The molecule has 1 aromatic carbocycles. The molecule has 1 aliphatic rings. The van der Waals surface area contributed by atoms with Gasteiger partial charge in [0.05, 0.1) is 17.4 Å². The second-order valence-electron chi connectivity index (χ2n) is 5.07. The minimum atomic E-state index is -0.120. The van der Waals surface area contributed by atoms with Gasteiger partial charge in [0.25, 0.3) is 0 Å². The molecule has 1 fully saturated rings. The fraction of sp³-hybridized carbons (Fsp3) is 0.429. The van der Waals surface area contributed by atoms with E-state index in [0.29, 0.717) is 6.04 Å². The van der Waals surface area contributed by atoms with E-state index in [-0.39, 0.29) is 6.03 Å². The molecule has 19 heavy (non-hydrogen) atoms. The number of urea groups is 1. The van der Waals surface area contributed by atoms with Crippen LogP contribution in [0.3, 0.4) is 0 Å². The summed E-state index contributed by atoms with van der Waals surface area (Å²) in [5.74, 6) is 0. The van der Waals surface area contributed by atoms with Crippen LogP contribution in [0.5, 0.6) is 0 Å². The molecule has 5 heteroatoms. The van der Waals surface area contributed by atoms with Crippen LogP contribution in [0.2, 0.25) is 0 Å². The summed E-state index contributed by atoms with van der Waals surface area (Å²) in [4.78, 5) is 19.1. The van der Waals surface area contributed by atoms with Gasteiger partial charge in [-0.1, -0.05) is 19.3 Å². The zero-order valence-corrected chi connectivity index (χ0v) is 10.8. The van der Waals surface area contributed by atoms with Gasteiger partial charge >= 0.3 is 6.03 Å². The molecule has 100 valence electrons. The molecule has 0 radical (unpaired) electrons. The molecule has 1 heterocycles. The SMILES string of the molecule is O=C(Nc1ccc2nc[nH]c2c1)NC1CCCCC1. The van der Waals surface area contributed by atoms with Gasteiger partial charge in [-0.2, -0.15) is 0 Å². The van der Waals surface area contributed by atoms with Gasteiger partial charge in [-0.05, 0) is 31.0 Å². The summed E-state index contributed by atoms with van der Waals surface area (Å²) in [6.07, 6.45) is 7.54. The Balaban J connectivity index is 1.61. The maximum atomic E-state index is 11.9. The lowest BCUT2D eigenvalue weighted by Crippen LogP contribution is -2.38. The van der Waals surface area contributed by atoms with Crippen LogP contribution in [0, 0.1) is 0 Å². The number of benzene rings is 1. The topological polar surface area (TPSA) is 69.8 Å². The summed E-state index contributed by atoms with van der Waals surface area (Å²) in [5.41, 5.74) is 2.61. The Morgan fingerprint density at radius 2 is 2.11 bits per heavy atom. The Kier molecular flexibility index (Phi) is 3.35. The highest BCUT2D eigenvalue weighted by Crippen LogP contribution is 2.18. The third-order valence-corrected chi connectivity index (χ3v) is 3.62. The number of H-pyrrole nitrogens is 1. The van der Waals surface area contributed by atoms with Crippen molar-refractivity contribution >= 4 is 22.8 Å². The number of rotatable bonds is 2. The number of fused-ring (bicyclic) bond motifs is 1. The number of nitrogens with zero attached hydrogens (tertiary/aromatic N) is 1. The predicted octanol–water partition coefficient (Wildman–Crippen LogP) is 3.02. The maximum absolute atomic E-state index is 11.9. The molecule has 3 rings (SSSR count). The van der Waals surface area contributed by atoms with Gasteiger partial charge in [-0.25, -0.2) is 9.78 Å². The summed E-state index contributed by atoms with van der Waals surface area (Å²) in [7, 11) is 0. The highest BCUT2D eigenvalue weighted by molar-refractivity contribution is 5.91. The first-order chi connectivity index (χ1) is 9.31. The number of aromatic amines is 1. The molecule has 0 saturated heterocycles. The first kappa shape index (κ1) is 12.0.